The largest absolute Gasteiger partial charge is 0.465 e. The third-order valence-corrected chi connectivity index (χ3v) is 9.19. The van der Waals surface area contributed by atoms with E-state index in [-0.39, 0.29) is 11.3 Å². The number of halogens is 2. The molecular formula is C30H28Cl2N2O3S. The van der Waals surface area contributed by atoms with Gasteiger partial charge in [0.05, 0.1) is 39.5 Å². The van der Waals surface area contributed by atoms with Crippen molar-refractivity contribution in [2.24, 2.45) is 11.3 Å². The molecule has 0 bridgehead atoms. The normalized spacial score (nSPS) is 15.3. The number of para-hydroxylation sites is 1. The van der Waals surface area contributed by atoms with Crippen LogP contribution >= 0.6 is 34.5 Å². The highest BCUT2D eigenvalue weighted by molar-refractivity contribution is 7.17. The first-order chi connectivity index (χ1) is 18.1. The van der Waals surface area contributed by atoms with E-state index in [1.807, 2.05) is 30.3 Å². The van der Waals surface area contributed by atoms with Gasteiger partial charge in [-0.05, 0) is 60.4 Å². The summed E-state index contributed by atoms with van der Waals surface area (Å²) in [4.78, 5) is 32.6. The first-order valence-corrected chi connectivity index (χ1v) is 14.0. The molecule has 196 valence electrons. The van der Waals surface area contributed by atoms with Crippen LogP contribution in [0.2, 0.25) is 10.0 Å². The fourth-order valence-corrected chi connectivity index (χ4v) is 6.68. The van der Waals surface area contributed by atoms with E-state index in [1.54, 1.807) is 18.2 Å². The van der Waals surface area contributed by atoms with Crippen LogP contribution in [0.1, 0.15) is 58.3 Å². The number of benzene rings is 2. The van der Waals surface area contributed by atoms with E-state index in [2.05, 4.69) is 26.1 Å². The second-order valence-corrected chi connectivity index (χ2v) is 12.6. The Kier molecular flexibility index (Phi) is 7.25. The van der Waals surface area contributed by atoms with Crippen LogP contribution in [0.5, 0.6) is 0 Å². The number of rotatable bonds is 4. The molecule has 0 spiro atoms. The van der Waals surface area contributed by atoms with E-state index in [0.717, 1.165) is 35.3 Å². The van der Waals surface area contributed by atoms with Crippen molar-refractivity contribution in [1.29, 1.82) is 0 Å². The zero-order chi connectivity index (χ0) is 27.2. The lowest BCUT2D eigenvalue weighted by Crippen LogP contribution is -2.26. The smallest absolute Gasteiger partial charge is 0.341 e. The maximum absolute atomic E-state index is 13.8. The van der Waals surface area contributed by atoms with Gasteiger partial charge in [0.25, 0.3) is 5.91 Å². The summed E-state index contributed by atoms with van der Waals surface area (Å²) in [5.41, 5.74) is 4.09. The molecule has 38 heavy (non-hydrogen) atoms. The minimum atomic E-state index is -0.428. The van der Waals surface area contributed by atoms with Gasteiger partial charge in [0.2, 0.25) is 0 Å². The number of esters is 1. The van der Waals surface area contributed by atoms with E-state index >= 15 is 0 Å². The Morgan fingerprint density at radius 3 is 2.55 bits per heavy atom. The van der Waals surface area contributed by atoms with Crippen molar-refractivity contribution in [2.75, 3.05) is 12.4 Å². The summed E-state index contributed by atoms with van der Waals surface area (Å²) in [6, 6.07) is 14.5. The van der Waals surface area contributed by atoms with E-state index in [9.17, 15) is 9.59 Å². The summed E-state index contributed by atoms with van der Waals surface area (Å²) < 4.78 is 5.13. The third kappa shape index (κ3) is 5.05. The van der Waals surface area contributed by atoms with Gasteiger partial charge in [-0.2, -0.15) is 0 Å². The van der Waals surface area contributed by atoms with Crippen molar-refractivity contribution in [3.05, 3.63) is 80.1 Å². The molecule has 0 unspecified atom stereocenters. The zero-order valence-electron chi connectivity index (χ0n) is 21.7. The lowest BCUT2D eigenvalue weighted by molar-refractivity contribution is 0.0600. The van der Waals surface area contributed by atoms with Crippen LogP contribution in [-0.4, -0.2) is 24.0 Å². The molecule has 2 heterocycles. The van der Waals surface area contributed by atoms with Gasteiger partial charge in [0.1, 0.15) is 5.00 Å². The fourth-order valence-electron chi connectivity index (χ4n) is 5.07. The van der Waals surface area contributed by atoms with E-state index in [1.165, 1.54) is 18.4 Å². The number of pyridine rings is 1. The van der Waals surface area contributed by atoms with Crippen molar-refractivity contribution in [2.45, 2.75) is 40.0 Å². The van der Waals surface area contributed by atoms with Crippen molar-refractivity contribution in [3.8, 4) is 11.3 Å². The Morgan fingerprint density at radius 2 is 1.84 bits per heavy atom. The number of fused-ring (bicyclic) bond motifs is 2. The highest BCUT2D eigenvalue weighted by Crippen LogP contribution is 2.44. The SMILES string of the molecule is COC(=O)c1c(NC(=O)c2cc(-c3ccc(Cl)c(Cl)c3)nc3ccccc23)sc2c1CC[C@H](C(C)(C)C)C2. The summed E-state index contributed by atoms with van der Waals surface area (Å²) in [6.07, 6.45) is 2.66. The fraction of sp³-hybridized carbons (Fsp3) is 0.300. The highest BCUT2D eigenvalue weighted by atomic mass is 35.5. The van der Waals surface area contributed by atoms with Crippen molar-refractivity contribution >= 4 is 62.3 Å². The number of anilines is 1. The van der Waals surface area contributed by atoms with Crippen molar-refractivity contribution in [1.82, 2.24) is 4.98 Å². The second kappa shape index (κ2) is 10.3. The number of hydrogen-bond acceptors (Lipinski definition) is 5. The van der Waals surface area contributed by atoms with Gasteiger partial charge in [0.15, 0.2) is 0 Å². The van der Waals surface area contributed by atoms with Gasteiger partial charge in [-0.25, -0.2) is 9.78 Å². The Morgan fingerprint density at radius 1 is 1.08 bits per heavy atom. The Bertz CT molecular complexity index is 1570. The number of aromatic nitrogens is 1. The molecule has 1 N–H and O–H groups in total. The number of ether oxygens (including phenoxy) is 1. The average Bonchev–Trinajstić information content (AvgIpc) is 3.25. The first-order valence-electron chi connectivity index (χ1n) is 12.5. The summed E-state index contributed by atoms with van der Waals surface area (Å²) in [7, 11) is 1.37. The monoisotopic (exact) mass is 566 g/mol. The van der Waals surface area contributed by atoms with Gasteiger partial charge >= 0.3 is 5.97 Å². The molecule has 4 aromatic rings. The molecule has 0 saturated heterocycles. The molecule has 1 amide bonds. The maximum atomic E-state index is 13.8. The highest BCUT2D eigenvalue weighted by Gasteiger charge is 2.34. The number of carbonyl (C=O) groups is 2. The summed E-state index contributed by atoms with van der Waals surface area (Å²) in [5.74, 6) is -0.246. The minimum Gasteiger partial charge on any atom is -0.465 e. The standard InChI is InChI=1S/C30H28Cl2N2O3S/c1-30(2,3)17-10-11-19-25(14-17)38-28(26(19)29(36)37-4)34-27(35)20-15-24(16-9-12-21(31)22(32)13-16)33-23-8-6-5-7-18(20)23/h5-9,12-13,15,17H,10-11,14H2,1-4H3,(H,34,35)/t17-/m0/s1. The predicted molar refractivity (Wildman–Crippen MR) is 156 cm³/mol. The van der Waals surface area contributed by atoms with Gasteiger partial charge in [-0.15, -0.1) is 11.3 Å². The van der Waals surface area contributed by atoms with Crippen LogP contribution in [-0.2, 0) is 17.6 Å². The maximum Gasteiger partial charge on any atom is 0.341 e. The number of methoxy groups -OCH3 is 1. The van der Waals surface area contributed by atoms with Gasteiger partial charge in [-0.1, -0.05) is 68.2 Å². The van der Waals surface area contributed by atoms with Crippen LogP contribution in [0.4, 0.5) is 5.00 Å². The molecular weight excluding hydrogens is 539 g/mol. The molecule has 5 rings (SSSR count). The van der Waals surface area contributed by atoms with Crippen LogP contribution in [0.3, 0.4) is 0 Å². The predicted octanol–water partition coefficient (Wildman–Crippen LogP) is 8.46. The Hall–Kier alpha value is -2.93. The van der Waals surface area contributed by atoms with E-state index in [4.69, 9.17) is 32.9 Å². The van der Waals surface area contributed by atoms with Crippen LogP contribution in [0, 0.1) is 11.3 Å². The number of thiophene rings is 1. The molecule has 2 aromatic carbocycles. The van der Waals surface area contributed by atoms with Crippen LogP contribution < -0.4 is 5.32 Å². The third-order valence-electron chi connectivity index (χ3n) is 7.28. The lowest BCUT2D eigenvalue weighted by atomic mass is 9.72. The van der Waals surface area contributed by atoms with Crippen LogP contribution in [0.25, 0.3) is 22.2 Å². The lowest BCUT2D eigenvalue weighted by Gasteiger charge is -2.33. The van der Waals surface area contributed by atoms with Gasteiger partial charge in [0, 0.05) is 15.8 Å². The molecule has 0 aliphatic heterocycles. The Labute approximate surface area is 236 Å². The van der Waals surface area contributed by atoms with Crippen molar-refractivity contribution in [3.63, 3.8) is 0 Å². The number of nitrogens with zero attached hydrogens (tertiary/aromatic N) is 1. The molecule has 2 aromatic heterocycles. The van der Waals surface area contributed by atoms with Crippen molar-refractivity contribution < 1.29 is 14.3 Å². The molecule has 5 nitrogen and oxygen atoms in total. The molecule has 1 aliphatic rings. The van der Waals surface area contributed by atoms with Gasteiger partial charge < -0.3 is 10.1 Å². The second-order valence-electron chi connectivity index (χ2n) is 10.7. The van der Waals surface area contributed by atoms with Gasteiger partial charge in [-0.3, -0.25) is 4.79 Å². The molecule has 8 heteroatoms. The molecule has 1 aliphatic carbocycles. The zero-order valence-corrected chi connectivity index (χ0v) is 24.0. The van der Waals surface area contributed by atoms with Crippen LogP contribution in [0.15, 0.2) is 48.5 Å². The molecule has 1 atom stereocenters. The summed E-state index contributed by atoms with van der Waals surface area (Å²) >= 11 is 13.8. The van der Waals surface area contributed by atoms with E-state index in [0.29, 0.717) is 48.7 Å². The molecule has 0 radical (unpaired) electrons. The average molecular weight is 568 g/mol. The topological polar surface area (TPSA) is 68.3 Å². The minimum absolute atomic E-state index is 0.160. The quantitative estimate of drug-likeness (QED) is 0.251. The Balaban J connectivity index is 1.57. The first kappa shape index (κ1) is 26.7. The summed E-state index contributed by atoms with van der Waals surface area (Å²) in [5, 5.41) is 5.14. The van der Waals surface area contributed by atoms with E-state index < -0.39 is 5.97 Å². The number of carbonyl (C=O) groups excluding carboxylic acids is 2. The summed E-state index contributed by atoms with van der Waals surface area (Å²) in [6.45, 7) is 6.75. The molecule has 0 saturated carbocycles. The number of nitrogens with one attached hydrogen (secondary N) is 1. The number of amides is 1. The number of hydrogen-bond donors (Lipinski definition) is 1. The molecule has 0 fully saturated rings.